The first-order valence-corrected chi connectivity index (χ1v) is 8.82. The molecule has 1 saturated heterocycles. The summed E-state index contributed by atoms with van der Waals surface area (Å²) in [6.45, 7) is 9.26. The maximum absolute atomic E-state index is 5.39. The lowest BCUT2D eigenvalue weighted by Gasteiger charge is -2.49. The highest BCUT2D eigenvalue weighted by Gasteiger charge is 2.35. The van der Waals surface area contributed by atoms with Crippen LogP contribution in [0.25, 0.3) is 5.65 Å². The molecule has 4 rings (SSSR count). The van der Waals surface area contributed by atoms with Gasteiger partial charge in [0.2, 0.25) is 5.65 Å². The van der Waals surface area contributed by atoms with Gasteiger partial charge in [-0.2, -0.15) is 9.61 Å². The Balaban J connectivity index is 1.65. The van der Waals surface area contributed by atoms with Crippen LogP contribution >= 0.6 is 0 Å². The highest BCUT2D eigenvalue weighted by atomic mass is 16.5. The lowest BCUT2D eigenvalue weighted by atomic mass is 9.97. The fourth-order valence-corrected chi connectivity index (χ4v) is 3.78. The normalized spacial score (nSPS) is 16.9. The maximum Gasteiger partial charge on any atom is 0.200 e. The van der Waals surface area contributed by atoms with Crippen LogP contribution in [0.4, 0.5) is 11.4 Å². The fourth-order valence-electron chi connectivity index (χ4n) is 3.78. The molecule has 0 saturated carbocycles. The summed E-state index contributed by atoms with van der Waals surface area (Å²) < 4.78 is 7.15. The van der Waals surface area contributed by atoms with Crippen molar-refractivity contribution in [1.29, 1.82) is 0 Å². The van der Waals surface area contributed by atoms with E-state index in [4.69, 9.17) is 4.74 Å². The molecule has 2 aromatic heterocycles. The molecule has 3 heterocycles. The number of aromatic nitrogens is 4. The van der Waals surface area contributed by atoms with Crippen LogP contribution in [0.1, 0.15) is 19.5 Å². The Morgan fingerprint density at radius 2 is 2.00 bits per heavy atom. The smallest absolute Gasteiger partial charge is 0.200 e. The van der Waals surface area contributed by atoms with Crippen LogP contribution in [-0.4, -0.2) is 52.1 Å². The minimum atomic E-state index is -0.0429. The molecule has 136 valence electrons. The molecule has 0 N–H and O–H groups in total. The molecule has 7 heteroatoms. The van der Waals surface area contributed by atoms with Crippen LogP contribution in [0.3, 0.4) is 0 Å². The van der Waals surface area contributed by atoms with Crippen molar-refractivity contribution in [3.8, 4) is 5.75 Å². The zero-order chi connectivity index (χ0) is 18.3. The van der Waals surface area contributed by atoms with Gasteiger partial charge >= 0.3 is 0 Å². The Morgan fingerprint density at radius 1 is 1.15 bits per heavy atom. The van der Waals surface area contributed by atoms with Gasteiger partial charge in [0.1, 0.15) is 12.1 Å². The molecular weight excluding hydrogens is 328 g/mol. The molecule has 1 fully saturated rings. The monoisotopic (exact) mass is 352 g/mol. The van der Waals surface area contributed by atoms with E-state index in [0.29, 0.717) is 0 Å². The number of hydrogen-bond acceptors (Lipinski definition) is 6. The van der Waals surface area contributed by atoms with Crippen molar-refractivity contribution in [1.82, 2.24) is 19.8 Å². The van der Waals surface area contributed by atoms with Crippen LogP contribution < -0.4 is 14.5 Å². The number of fused-ring (bicyclic) bond motifs is 1. The number of anilines is 2. The van der Waals surface area contributed by atoms with Gasteiger partial charge in [0.15, 0.2) is 0 Å². The number of benzene rings is 1. The lowest BCUT2D eigenvalue weighted by molar-refractivity contribution is 0.406. The van der Waals surface area contributed by atoms with Crippen molar-refractivity contribution in [2.45, 2.75) is 26.3 Å². The number of methoxy groups -OCH3 is 1. The third-order valence-electron chi connectivity index (χ3n) is 4.98. The van der Waals surface area contributed by atoms with Crippen molar-refractivity contribution < 1.29 is 4.74 Å². The van der Waals surface area contributed by atoms with Crippen molar-refractivity contribution >= 4 is 17.0 Å². The van der Waals surface area contributed by atoms with E-state index < -0.39 is 0 Å². The molecule has 0 bridgehead atoms. The van der Waals surface area contributed by atoms with Crippen LogP contribution in [0.2, 0.25) is 0 Å². The van der Waals surface area contributed by atoms with E-state index >= 15 is 0 Å². The van der Waals surface area contributed by atoms with Crippen molar-refractivity contribution in [3.05, 3.63) is 42.4 Å². The second-order valence-electron chi connectivity index (χ2n) is 7.36. The maximum atomic E-state index is 5.39. The van der Waals surface area contributed by atoms with E-state index in [1.165, 1.54) is 5.69 Å². The molecule has 0 unspecified atom stereocenters. The molecule has 26 heavy (non-hydrogen) atoms. The number of ether oxygens (including phenoxy) is 1. The lowest BCUT2D eigenvalue weighted by Crippen LogP contribution is -2.59. The average Bonchev–Trinajstić information content (AvgIpc) is 3.08. The first-order chi connectivity index (χ1) is 12.5. The molecule has 0 aliphatic carbocycles. The van der Waals surface area contributed by atoms with Crippen LogP contribution in [0, 0.1) is 6.92 Å². The van der Waals surface area contributed by atoms with Gasteiger partial charge in [0.25, 0.3) is 0 Å². The molecule has 7 nitrogen and oxygen atoms in total. The van der Waals surface area contributed by atoms with E-state index in [9.17, 15) is 0 Å². The second kappa shape index (κ2) is 6.16. The molecule has 1 aliphatic heterocycles. The Kier molecular flexibility index (Phi) is 3.94. The third-order valence-corrected chi connectivity index (χ3v) is 4.98. The third kappa shape index (κ3) is 2.83. The van der Waals surface area contributed by atoms with E-state index in [2.05, 4.69) is 57.1 Å². The van der Waals surface area contributed by atoms with E-state index in [1.54, 1.807) is 18.0 Å². The molecule has 1 aromatic carbocycles. The largest absolute Gasteiger partial charge is 0.497 e. The fraction of sp³-hybridized carbons (Fsp3) is 0.421. The zero-order valence-electron chi connectivity index (χ0n) is 15.7. The number of piperazine rings is 1. The highest BCUT2D eigenvalue weighted by molar-refractivity contribution is 5.69. The summed E-state index contributed by atoms with van der Waals surface area (Å²) in [6, 6.07) is 10.4. The summed E-state index contributed by atoms with van der Waals surface area (Å²) in [6.07, 6.45) is 1.66. The second-order valence-corrected chi connectivity index (χ2v) is 7.36. The Labute approximate surface area is 153 Å². The van der Waals surface area contributed by atoms with Gasteiger partial charge in [-0.25, -0.2) is 0 Å². The van der Waals surface area contributed by atoms with Gasteiger partial charge in [-0.3, -0.25) is 0 Å². The molecule has 0 atom stereocenters. The summed E-state index contributed by atoms with van der Waals surface area (Å²) in [5.41, 5.74) is 4.00. The van der Waals surface area contributed by atoms with Gasteiger partial charge < -0.3 is 14.5 Å². The SMILES string of the molecule is COc1cccc(N2CCN(c3cc(C)nn4cnnc34)CC2(C)C)c1. The molecule has 1 aliphatic rings. The Bertz CT molecular complexity index is 935. The zero-order valence-corrected chi connectivity index (χ0v) is 15.7. The molecule has 0 radical (unpaired) electrons. The van der Waals surface area contributed by atoms with Crippen molar-refractivity contribution in [3.63, 3.8) is 0 Å². The summed E-state index contributed by atoms with van der Waals surface area (Å²) in [7, 11) is 1.71. The van der Waals surface area contributed by atoms with Gasteiger partial charge in [-0.05, 0) is 39.0 Å². The Morgan fingerprint density at radius 3 is 2.77 bits per heavy atom. The van der Waals surface area contributed by atoms with Crippen molar-refractivity contribution in [2.75, 3.05) is 36.5 Å². The first-order valence-electron chi connectivity index (χ1n) is 8.82. The van der Waals surface area contributed by atoms with E-state index in [1.807, 2.05) is 19.1 Å². The van der Waals surface area contributed by atoms with Gasteiger partial charge in [0, 0.05) is 31.4 Å². The molecule has 0 spiro atoms. The number of hydrogen-bond donors (Lipinski definition) is 0. The quantitative estimate of drug-likeness (QED) is 0.722. The topological polar surface area (TPSA) is 58.8 Å². The minimum absolute atomic E-state index is 0.0429. The van der Waals surface area contributed by atoms with Gasteiger partial charge in [-0.1, -0.05) is 6.07 Å². The van der Waals surface area contributed by atoms with Gasteiger partial charge in [-0.15, -0.1) is 10.2 Å². The standard InChI is InChI=1S/C19H24N6O/c1-14-10-17(18-21-20-13-25(18)22-14)23-8-9-24(19(2,3)12-23)15-6-5-7-16(11-15)26-4/h5-7,10-11,13H,8-9,12H2,1-4H3. The average molecular weight is 352 g/mol. The number of aryl methyl sites for hydroxylation is 1. The van der Waals surface area contributed by atoms with E-state index in [0.717, 1.165) is 42.4 Å². The number of nitrogens with zero attached hydrogens (tertiary/aromatic N) is 6. The Hall–Kier alpha value is -2.83. The van der Waals surface area contributed by atoms with Gasteiger partial charge in [0.05, 0.1) is 24.0 Å². The first kappa shape index (κ1) is 16.6. The van der Waals surface area contributed by atoms with Crippen molar-refractivity contribution in [2.24, 2.45) is 0 Å². The number of rotatable bonds is 3. The summed E-state index contributed by atoms with van der Waals surface area (Å²) >= 11 is 0. The predicted molar refractivity (Wildman–Crippen MR) is 102 cm³/mol. The summed E-state index contributed by atoms with van der Waals surface area (Å²) in [4.78, 5) is 4.83. The van der Waals surface area contributed by atoms with E-state index in [-0.39, 0.29) is 5.54 Å². The highest BCUT2D eigenvalue weighted by Crippen LogP contribution is 2.33. The molecule has 3 aromatic rings. The van der Waals surface area contributed by atoms with Crippen LogP contribution in [0.15, 0.2) is 36.7 Å². The summed E-state index contributed by atoms with van der Waals surface area (Å²) in [5.74, 6) is 0.885. The molecule has 0 amide bonds. The van der Waals surface area contributed by atoms with Crippen LogP contribution in [-0.2, 0) is 0 Å². The van der Waals surface area contributed by atoms with Crippen LogP contribution in [0.5, 0.6) is 5.75 Å². The minimum Gasteiger partial charge on any atom is -0.497 e. The summed E-state index contributed by atoms with van der Waals surface area (Å²) in [5, 5.41) is 12.7. The molecular formula is C19H24N6O. The predicted octanol–water partition coefficient (Wildman–Crippen LogP) is 2.55.